The number of thiocarbonyl (C=S) groups is 1. The number of nitrogens with one attached hydrogen (secondary N) is 2. The van der Waals surface area contributed by atoms with Crippen LogP contribution in [0.5, 0.6) is 0 Å². The second-order valence-corrected chi connectivity index (χ2v) is 5.61. The van der Waals surface area contributed by atoms with E-state index in [1.54, 1.807) is 19.2 Å². The van der Waals surface area contributed by atoms with Gasteiger partial charge in [-0.15, -0.1) is 0 Å². The van der Waals surface area contributed by atoms with Crippen molar-refractivity contribution in [3.05, 3.63) is 45.0 Å². The SMILES string of the molecule is CCCCn1c(N)c(N(Cc2ccco2)C(=S)NC)c(=O)[nH]c1=O. The van der Waals surface area contributed by atoms with Crippen LogP contribution in [0.25, 0.3) is 0 Å². The minimum atomic E-state index is -0.589. The number of hydrogen-bond acceptors (Lipinski definition) is 5. The minimum absolute atomic E-state index is 0.0846. The van der Waals surface area contributed by atoms with Crippen molar-refractivity contribution in [3.63, 3.8) is 0 Å². The maximum atomic E-state index is 12.4. The summed E-state index contributed by atoms with van der Waals surface area (Å²) in [6.45, 7) is 2.64. The summed E-state index contributed by atoms with van der Waals surface area (Å²) in [6.07, 6.45) is 3.20. The first-order valence-electron chi connectivity index (χ1n) is 7.63. The molecule has 2 aromatic rings. The van der Waals surface area contributed by atoms with Crippen LogP contribution in [0.1, 0.15) is 25.5 Å². The highest BCUT2D eigenvalue weighted by molar-refractivity contribution is 7.80. The molecule has 0 aromatic carbocycles. The molecular weight excluding hydrogens is 330 g/mol. The van der Waals surface area contributed by atoms with Crippen LogP contribution >= 0.6 is 12.2 Å². The fourth-order valence-corrected chi connectivity index (χ4v) is 2.48. The number of H-pyrrole nitrogens is 1. The monoisotopic (exact) mass is 351 g/mol. The summed E-state index contributed by atoms with van der Waals surface area (Å²) in [5.41, 5.74) is 5.14. The third-order valence-corrected chi connectivity index (χ3v) is 4.00. The third kappa shape index (κ3) is 3.67. The van der Waals surface area contributed by atoms with Crippen LogP contribution in [-0.4, -0.2) is 21.7 Å². The number of nitrogens with zero attached hydrogens (tertiary/aromatic N) is 2. The highest BCUT2D eigenvalue weighted by Gasteiger charge is 2.22. The van der Waals surface area contributed by atoms with Crippen LogP contribution in [0.3, 0.4) is 0 Å². The summed E-state index contributed by atoms with van der Waals surface area (Å²) in [7, 11) is 1.65. The Balaban J connectivity index is 2.54. The Kier molecular flexibility index (Phi) is 5.80. The van der Waals surface area contributed by atoms with Crippen molar-refractivity contribution in [2.24, 2.45) is 0 Å². The second-order valence-electron chi connectivity index (χ2n) is 5.22. The normalized spacial score (nSPS) is 10.6. The zero-order valence-electron chi connectivity index (χ0n) is 13.7. The van der Waals surface area contributed by atoms with Crippen LogP contribution in [0, 0.1) is 0 Å². The number of aromatic amines is 1. The van der Waals surface area contributed by atoms with E-state index in [1.807, 2.05) is 6.92 Å². The molecule has 0 bridgehead atoms. The molecular formula is C15H21N5O3S. The quantitative estimate of drug-likeness (QED) is 0.667. The van der Waals surface area contributed by atoms with Gasteiger partial charge < -0.3 is 20.4 Å². The van der Waals surface area contributed by atoms with Crippen molar-refractivity contribution in [2.75, 3.05) is 17.7 Å². The molecule has 0 unspecified atom stereocenters. The van der Waals surface area contributed by atoms with Crippen molar-refractivity contribution in [1.29, 1.82) is 0 Å². The summed E-state index contributed by atoms with van der Waals surface area (Å²) >= 11 is 5.29. The Labute approximate surface area is 144 Å². The summed E-state index contributed by atoms with van der Waals surface area (Å²) in [5, 5.41) is 3.12. The molecule has 4 N–H and O–H groups in total. The number of anilines is 2. The summed E-state index contributed by atoms with van der Waals surface area (Å²) < 4.78 is 6.68. The van der Waals surface area contributed by atoms with Crippen LogP contribution in [0.15, 0.2) is 32.4 Å². The van der Waals surface area contributed by atoms with Gasteiger partial charge in [-0.25, -0.2) is 4.79 Å². The molecule has 0 aliphatic carbocycles. The lowest BCUT2D eigenvalue weighted by Gasteiger charge is -2.25. The van der Waals surface area contributed by atoms with E-state index < -0.39 is 11.2 Å². The van der Waals surface area contributed by atoms with Crippen molar-refractivity contribution in [2.45, 2.75) is 32.9 Å². The Morgan fingerprint density at radius 3 is 2.83 bits per heavy atom. The average molecular weight is 351 g/mol. The molecule has 0 saturated carbocycles. The zero-order chi connectivity index (χ0) is 17.7. The largest absolute Gasteiger partial charge is 0.467 e. The van der Waals surface area contributed by atoms with Crippen molar-refractivity contribution < 1.29 is 4.42 Å². The lowest BCUT2D eigenvalue weighted by Crippen LogP contribution is -2.44. The van der Waals surface area contributed by atoms with E-state index in [1.165, 1.54) is 15.7 Å². The van der Waals surface area contributed by atoms with E-state index in [2.05, 4.69) is 10.3 Å². The predicted molar refractivity (Wildman–Crippen MR) is 97.2 cm³/mol. The van der Waals surface area contributed by atoms with E-state index in [0.29, 0.717) is 17.4 Å². The van der Waals surface area contributed by atoms with Gasteiger partial charge in [-0.2, -0.15) is 0 Å². The van der Waals surface area contributed by atoms with Gasteiger partial charge in [-0.05, 0) is 30.8 Å². The minimum Gasteiger partial charge on any atom is -0.467 e. The van der Waals surface area contributed by atoms with Gasteiger partial charge in [0.2, 0.25) is 0 Å². The first kappa shape index (κ1) is 17.8. The van der Waals surface area contributed by atoms with Crippen LogP contribution in [-0.2, 0) is 13.1 Å². The number of hydrogen-bond donors (Lipinski definition) is 3. The number of unbranched alkanes of at least 4 members (excludes halogenated alkanes) is 1. The fourth-order valence-electron chi connectivity index (χ4n) is 2.32. The smallest absolute Gasteiger partial charge is 0.330 e. The Bertz CT molecular complexity index is 810. The number of nitrogens with two attached hydrogens (primary N) is 1. The first-order valence-corrected chi connectivity index (χ1v) is 8.04. The highest BCUT2D eigenvalue weighted by Crippen LogP contribution is 2.20. The average Bonchev–Trinajstić information content (AvgIpc) is 3.06. The summed E-state index contributed by atoms with van der Waals surface area (Å²) in [5.74, 6) is 0.694. The van der Waals surface area contributed by atoms with Crippen LogP contribution in [0.4, 0.5) is 11.5 Å². The molecule has 24 heavy (non-hydrogen) atoms. The molecule has 0 aliphatic heterocycles. The third-order valence-electron chi connectivity index (χ3n) is 3.57. The Morgan fingerprint density at radius 1 is 1.50 bits per heavy atom. The zero-order valence-corrected chi connectivity index (χ0v) is 14.5. The van der Waals surface area contributed by atoms with Crippen molar-refractivity contribution in [3.8, 4) is 0 Å². The van der Waals surface area contributed by atoms with Crippen LogP contribution in [0.2, 0.25) is 0 Å². The van der Waals surface area contributed by atoms with Gasteiger partial charge in [0.25, 0.3) is 5.56 Å². The van der Waals surface area contributed by atoms with E-state index in [4.69, 9.17) is 22.4 Å². The first-order chi connectivity index (χ1) is 11.5. The van der Waals surface area contributed by atoms with Gasteiger partial charge in [0, 0.05) is 13.6 Å². The molecule has 0 spiro atoms. The molecule has 0 atom stereocenters. The van der Waals surface area contributed by atoms with Crippen molar-refractivity contribution >= 4 is 28.8 Å². The molecule has 0 saturated heterocycles. The fraction of sp³-hybridized carbons (Fsp3) is 0.400. The second kappa shape index (κ2) is 7.82. The molecule has 2 aromatic heterocycles. The molecule has 130 valence electrons. The predicted octanol–water partition coefficient (Wildman–Crippen LogP) is 1.02. The van der Waals surface area contributed by atoms with Gasteiger partial charge in [0.1, 0.15) is 11.6 Å². The molecule has 2 heterocycles. The summed E-state index contributed by atoms with van der Waals surface area (Å²) in [6, 6.07) is 3.51. The van der Waals surface area contributed by atoms with E-state index >= 15 is 0 Å². The lowest BCUT2D eigenvalue weighted by atomic mass is 10.3. The molecule has 9 heteroatoms. The Morgan fingerprint density at radius 2 is 2.25 bits per heavy atom. The van der Waals surface area contributed by atoms with Crippen molar-refractivity contribution in [1.82, 2.24) is 14.9 Å². The summed E-state index contributed by atoms with van der Waals surface area (Å²) in [4.78, 5) is 28.2. The van der Waals surface area contributed by atoms with E-state index in [9.17, 15) is 9.59 Å². The number of furan rings is 1. The van der Waals surface area contributed by atoms with Gasteiger partial charge in [-0.1, -0.05) is 13.3 Å². The van der Waals surface area contributed by atoms with Gasteiger partial charge in [0.05, 0.1) is 12.8 Å². The molecule has 2 rings (SSSR count). The number of aromatic nitrogens is 2. The maximum absolute atomic E-state index is 12.4. The maximum Gasteiger partial charge on any atom is 0.330 e. The molecule has 8 nitrogen and oxygen atoms in total. The van der Waals surface area contributed by atoms with E-state index in [-0.39, 0.29) is 18.1 Å². The molecule has 0 radical (unpaired) electrons. The standard InChI is InChI=1S/C15H21N5O3S/c1-3-4-7-19-12(16)11(13(21)18-14(19)22)20(15(24)17-2)9-10-6-5-8-23-10/h5-6,8H,3-4,7,9,16H2,1-2H3,(H,17,24)(H,18,21,22). The van der Waals surface area contributed by atoms with Gasteiger partial charge in [-0.3, -0.25) is 14.3 Å². The lowest BCUT2D eigenvalue weighted by molar-refractivity contribution is 0.511. The topological polar surface area (TPSA) is 109 Å². The number of rotatable bonds is 6. The molecule has 0 aliphatic rings. The van der Waals surface area contributed by atoms with Gasteiger partial charge >= 0.3 is 5.69 Å². The molecule has 0 fully saturated rings. The Hall–Kier alpha value is -2.55. The highest BCUT2D eigenvalue weighted by atomic mass is 32.1. The van der Waals surface area contributed by atoms with Crippen LogP contribution < -0.4 is 27.2 Å². The molecule has 0 amide bonds. The number of nitrogen functional groups attached to an aromatic ring is 1. The van der Waals surface area contributed by atoms with Gasteiger partial charge in [0.15, 0.2) is 10.8 Å². The van der Waals surface area contributed by atoms with E-state index in [0.717, 1.165) is 12.8 Å².